The first-order valence-electron chi connectivity index (χ1n) is 9.60. The molecule has 29 heavy (non-hydrogen) atoms. The molecule has 0 atom stereocenters. The van der Waals surface area contributed by atoms with Gasteiger partial charge in [0.15, 0.2) is 10.8 Å². The molecule has 1 aromatic heterocycles. The van der Waals surface area contributed by atoms with Crippen molar-refractivity contribution in [1.29, 1.82) is 0 Å². The summed E-state index contributed by atoms with van der Waals surface area (Å²) < 4.78 is 6.51. The third-order valence-electron chi connectivity index (χ3n) is 4.52. The average molecular weight is 420 g/mol. The normalized spacial score (nSPS) is 10.9. The molecule has 0 bridgehead atoms. The predicted octanol–water partition coefficient (Wildman–Crippen LogP) is 2.50. The highest BCUT2D eigenvalue weighted by Gasteiger charge is 2.22. The summed E-state index contributed by atoms with van der Waals surface area (Å²) in [4.78, 5) is 28.6. The first kappa shape index (κ1) is 22.6. The molecule has 1 heterocycles. The molecule has 2 aromatic rings. The Hall–Kier alpha value is -2.65. The summed E-state index contributed by atoms with van der Waals surface area (Å²) in [5.41, 5.74) is 7.21. The summed E-state index contributed by atoms with van der Waals surface area (Å²) in [6.07, 6.45) is 0.693. The van der Waals surface area contributed by atoms with E-state index in [0.29, 0.717) is 37.1 Å². The molecule has 0 aliphatic heterocycles. The zero-order chi connectivity index (χ0) is 21.6. The number of aromatic amines is 1. The highest BCUT2D eigenvalue weighted by Crippen LogP contribution is 2.20. The summed E-state index contributed by atoms with van der Waals surface area (Å²) in [7, 11) is 1.56. The molecule has 9 heteroatoms. The van der Waals surface area contributed by atoms with E-state index < -0.39 is 11.2 Å². The average Bonchev–Trinajstić information content (AvgIpc) is 2.67. The van der Waals surface area contributed by atoms with Gasteiger partial charge in [-0.2, -0.15) is 0 Å². The molecule has 0 amide bonds. The van der Waals surface area contributed by atoms with E-state index in [1.54, 1.807) is 12.0 Å². The van der Waals surface area contributed by atoms with E-state index in [1.165, 1.54) is 10.1 Å². The number of aromatic nitrogens is 2. The summed E-state index contributed by atoms with van der Waals surface area (Å²) >= 11 is 5.56. The molecule has 0 spiro atoms. The van der Waals surface area contributed by atoms with Crippen LogP contribution in [0, 0.1) is 0 Å². The van der Waals surface area contributed by atoms with Crippen molar-refractivity contribution in [2.24, 2.45) is 0 Å². The van der Waals surface area contributed by atoms with Crippen molar-refractivity contribution in [3.05, 3.63) is 50.7 Å². The molecule has 1 aromatic carbocycles. The molecule has 0 saturated carbocycles. The molecule has 0 aliphatic rings. The number of benzene rings is 1. The Morgan fingerprint density at radius 1 is 1.31 bits per heavy atom. The van der Waals surface area contributed by atoms with Gasteiger partial charge in [-0.25, -0.2) is 4.79 Å². The molecular formula is C20H29N5O3S. The molecule has 0 aliphatic carbocycles. The minimum absolute atomic E-state index is 0.0796. The van der Waals surface area contributed by atoms with Crippen LogP contribution < -0.4 is 27.2 Å². The Balaban J connectivity index is 2.41. The number of hydrogen-bond donors (Lipinski definition) is 3. The number of nitrogens with zero attached hydrogens (tertiary/aromatic N) is 2. The monoisotopic (exact) mass is 419 g/mol. The minimum Gasteiger partial charge on any atom is -0.383 e. The van der Waals surface area contributed by atoms with Gasteiger partial charge in [0.25, 0.3) is 5.56 Å². The zero-order valence-electron chi connectivity index (χ0n) is 17.3. The first-order valence-corrected chi connectivity index (χ1v) is 10.0. The van der Waals surface area contributed by atoms with Gasteiger partial charge < -0.3 is 20.7 Å². The third-order valence-corrected chi connectivity index (χ3v) is 4.85. The summed E-state index contributed by atoms with van der Waals surface area (Å²) in [6.45, 7) is 7.18. The van der Waals surface area contributed by atoms with Gasteiger partial charge >= 0.3 is 5.69 Å². The number of H-pyrrole nitrogens is 1. The van der Waals surface area contributed by atoms with E-state index in [2.05, 4.69) is 24.1 Å². The number of methoxy groups -OCH3 is 1. The van der Waals surface area contributed by atoms with Crippen LogP contribution in [-0.2, 0) is 11.3 Å². The molecule has 8 nitrogen and oxygen atoms in total. The lowest BCUT2D eigenvalue weighted by atomic mass is 10.0. The lowest BCUT2D eigenvalue weighted by molar-refractivity contribution is 0.208. The number of hydrogen-bond acceptors (Lipinski definition) is 5. The number of nitrogens with one attached hydrogen (secondary N) is 2. The van der Waals surface area contributed by atoms with Crippen molar-refractivity contribution < 1.29 is 4.74 Å². The van der Waals surface area contributed by atoms with Crippen molar-refractivity contribution in [1.82, 2.24) is 9.55 Å². The van der Waals surface area contributed by atoms with Gasteiger partial charge in [0, 0.05) is 25.9 Å². The molecule has 0 fully saturated rings. The molecule has 0 unspecified atom stereocenters. The highest BCUT2D eigenvalue weighted by atomic mass is 32.1. The number of nitrogens with two attached hydrogens (primary N) is 1. The third kappa shape index (κ3) is 5.45. The van der Waals surface area contributed by atoms with Crippen LogP contribution in [0.4, 0.5) is 17.2 Å². The van der Waals surface area contributed by atoms with Crippen molar-refractivity contribution in [3.63, 3.8) is 0 Å². The zero-order valence-corrected chi connectivity index (χ0v) is 18.1. The number of rotatable bonds is 8. The van der Waals surface area contributed by atoms with Gasteiger partial charge in [-0.15, -0.1) is 0 Å². The molecular weight excluding hydrogens is 390 g/mol. The van der Waals surface area contributed by atoms with E-state index in [-0.39, 0.29) is 11.5 Å². The Morgan fingerprint density at radius 2 is 1.97 bits per heavy atom. The summed E-state index contributed by atoms with van der Waals surface area (Å²) in [5.74, 6) is 0.503. The summed E-state index contributed by atoms with van der Waals surface area (Å²) in [5, 5.41) is 3.43. The van der Waals surface area contributed by atoms with E-state index in [4.69, 9.17) is 22.7 Å². The van der Waals surface area contributed by atoms with Gasteiger partial charge in [0.2, 0.25) is 0 Å². The van der Waals surface area contributed by atoms with Crippen LogP contribution in [0.5, 0.6) is 0 Å². The molecule has 158 valence electrons. The maximum absolute atomic E-state index is 12.6. The molecule has 2 rings (SSSR count). The van der Waals surface area contributed by atoms with Crippen LogP contribution >= 0.6 is 12.2 Å². The maximum Gasteiger partial charge on any atom is 0.330 e. The van der Waals surface area contributed by atoms with Gasteiger partial charge in [0.05, 0.1) is 6.61 Å². The van der Waals surface area contributed by atoms with Crippen LogP contribution in [0.1, 0.15) is 38.7 Å². The van der Waals surface area contributed by atoms with Gasteiger partial charge in [-0.05, 0) is 42.3 Å². The van der Waals surface area contributed by atoms with Gasteiger partial charge in [-0.3, -0.25) is 14.3 Å². The van der Waals surface area contributed by atoms with Crippen molar-refractivity contribution in [2.75, 3.05) is 36.2 Å². The van der Waals surface area contributed by atoms with E-state index in [1.807, 2.05) is 31.2 Å². The smallest absolute Gasteiger partial charge is 0.330 e. The molecule has 0 saturated heterocycles. The quantitative estimate of drug-likeness (QED) is 0.565. The van der Waals surface area contributed by atoms with E-state index in [0.717, 1.165) is 5.69 Å². The van der Waals surface area contributed by atoms with Crippen LogP contribution in [0.25, 0.3) is 0 Å². The van der Waals surface area contributed by atoms with Crippen molar-refractivity contribution in [2.45, 2.75) is 39.7 Å². The number of ether oxygens (including phenoxy) is 1. The van der Waals surface area contributed by atoms with E-state index in [9.17, 15) is 9.59 Å². The van der Waals surface area contributed by atoms with Crippen LogP contribution in [-0.4, -0.2) is 34.9 Å². The first-order chi connectivity index (χ1) is 13.8. The molecule has 0 radical (unpaired) electrons. The van der Waals surface area contributed by atoms with Crippen LogP contribution in [0.15, 0.2) is 33.9 Å². The van der Waals surface area contributed by atoms with Crippen molar-refractivity contribution in [3.8, 4) is 0 Å². The second kappa shape index (κ2) is 10.2. The number of anilines is 3. The highest BCUT2D eigenvalue weighted by molar-refractivity contribution is 7.80. The molecule has 4 N–H and O–H groups in total. The van der Waals surface area contributed by atoms with E-state index >= 15 is 0 Å². The largest absolute Gasteiger partial charge is 0.383 e. The fraction of sp³-hybridized carbons (Fsp3) is 0.450. The lowest BCUT2D eigenvalue weighted by Gasteiger charge is -2.27. The van der Waals surface area contributed by atoms with Gasteiger partial charge in [0.1, 0.15) is 5.82 Å². The SMILES string of the molecule is CCCn1c(N)c(N(CCOC)C(=S)Nc2ccc(C(C)C)cc2)c(=O)[nH]c1=O. The standard InChI is InChI=1S/C20H29N5O3S/c1-5-10-25-17(21)16(18(26)23-19(25)27)24(11-12-28-4)20(29)22-15-8-6-14(7-9-15)13(2)3/h6-9,13H,5,10-12,21H2,1-4H3,(H,22,29)(H,23,26,27). The topological polar surface area (TPSA) is 105 Å². The fourth-order valence-electron chi connectivity index (χ4n) is 2.92. The van der Waals surface area contributed by atoms with Crippen molar-refractivity contribution >= 4 is 34.5 Å². The fourth-order valence-corrected chi connectivity index (χ4v) is 3.22. The Bertz CT molecular complexity index is 950. The lowest BCUT2D eigenvalue weighted by Crippen LogP contribution is -2.44. The second-order valence-corrected chi connectivity index (χ2v) is 7.38. The van der Waals surface area contributed by atoms with Crippen LogP contribution in [0.3, 0.4) is 0 Å². The minimum atomic E-state index is -0.588. The second-order valence-electron chi connectivity index (χ2n) is 7.00. The number of nitrogen functional groups attached to an aromatic ring is 1. The van der Waals surface area contributed by atoms with Gasteiger partial charge in [-0.1, -0.05) is 32.9 Å². The predicted molar refractivity (Wildman–Crippen MR) is 122 cm³/mol. The Kier molecular flexibility index (Phi) is 7.98. The Labute approximate surface area is 175 Å². The maximum atomic E-state index is 12.6. The number of thiocarbonyl (C=S) groups is 1. The Morgan fingerprint density at radius 3 is 2.52 bits per heavy atom. The summed E-state index contributed by atoms with van der Waals surface area (Å²) in [6, 6.07) is 7.92. The van der Waals surface area contributed by atoms with Crippen LogP contribution in [0.2, 0.25) is 0 Å².